The van der Waals surface area contributed by atoms with E-state index in [2.05, 4.69) is 9.93 Å². The van der Waals surface area contributed by atoms with E-state index in [0.717, 1.165) is 5.56 Å². The Morgan fingerprint density at radius 3 is 2.14 bits per heavy atom. The molecule has 2 aromatic carbocycles. The Morgan fingerprint density at radius 1 is 1.05 bits per heavy atom. The van der Waals surface area contributed by atoms with Gasteiger partial charge >= 0.3 is 0 Å². The van der Waals surface area contributed by atoms with Crippen LogP contribution in [0.5, 0.6) is 5.75 Å². The Morgan fingerprint density at radius 2 is 1.59 bits per heavy atom. The Labute approximate surface area is 130 Å². The van der Waals surface area contributed by atoms with Gasteiger partial charge in [-0.25, -0.2) is 4.83 Å². The fourth-order valence-electron chi connectivity index (χ4n) is 2.00. The zero-order valence-corrected chi connectivity index (χ0v) is 13.5. The molecule has 0 heterocycles. The number of phenolic OH excluding ortho intramolecular Hbond substituents is 1. The molecule has 0 fully saturated rings. The maximum Gasteiger partial charge on any atom is 0.276 e. The van der Waals surface area contributed by atoms with Gasteiger partial charge in [-0.1, -0.05) is 17.7 Å². The molecule has 5 nitrogen and oxygen atoms in total. The highest BCUT2D eigenvalue weighted by atomic mass is 32.2. The minimum Gasteiger partial charge on any atom is -0.507 e. The first kappa shape index (κ1) is 16.0. The number of sulfonamides is 1. The highest BCUT2D eigenvalue weighted by molar-refractivity contribution is 7.89. The number of hydrazone groups is 1. The summed E-state index contributed by atoms with van der Waals surface area (Å²) < 4.78 is 24.1. The third kappa shape index (κ3) is 3.65. The van der Waals surface area contributed by atoms with Crippen molar-refractivity contribution in [3.63, 3.8) is 0 Å². The average Bonchev–Trinajstić information content (AvgIpc) is 2.45. The molecule has 22 heavy (non-hydrogen) atoms. The van der Waals surface area contributed by atoms with Crippen LogP contribution in [0.15, 0.2) is 46.4 Å². The smallest absolute Gasteiger partial charge is 0.276 e. The first-order valence-electron chi connectivity index (χ1n) is 6.71. The van der Waals surface area contributed by atoms with Crippen LogP contribution in [0, 0.1) is 20.8 Å². The second-order valence-corrected chi connectivity index (χ2v) is 6.83. The molecule has 0 unspecified atom stereocenters. The number of aromatic hydroxyl groups is 1. The number of hydrogen-bond acceptors (Lipinski definition) is 4. The number of hydrogen-bond donors (Lipinski definition) is 2. The predicted octanol–water partition coefficient (Wildman–Crippen LogP) is 2.63. The van der Waals surface area contributed by atoms with Crippen molar-refractivity contribution in [3.8, 4) is 5.75 Å². The first-order chi connectivity index (χ1) is 10.3. The van der Waals surface area contributed by atoms with Crippen molar-refractivity contribution in [3.05, 3.63) is 58.7 Å². The highest BCUT2D eigenvalue weighted by Crippen LogP contribution is 2.22. The molecule has 2 rings (SSSR count). The maximum absolute atomic E-state index is 12.1. The van der Waals surface area contributed by atoms with E-state index in [9.17, 15) is 13.5 Å². The summed E-state index contributed by atoms with van der Waals surface area (Å²) in [5, 5.41) is 13.5. The van der Waals surface area contributed by atoms with Crippen molar-refractivity contribution in [2.24, 2.45) is 5.10 Å². The van der Waals surface area contributed by atoms with E-state index in [1.165, 1.54) is 18.3 Å². The molecule has 0 radical (unpaired) electrons. The van der Waals surface area contributed by atoms with Gasteiger partial charge in [-0.05, 0) is 61.7 Å². The number of rotatable bonds is 4. The van der Waals surface area contributed by atoms with Gasteiger partial charge in [0.15, 0.2) is 0 Å². The second kappa shape index (κ2) is 6.19. The summed E-state index contributed by atoms with van der Waals surface area (Å²) >= 11 is 0. The fourth-order valence-corrected chi connectivity index (χ4v) is 2.80. The molecule has 6 heteroatoms. The normalized spacial score (nSPS) is 11.8. The van der Waals surface area contributed by atoms with Crippen LogP contribution in [-0.4, -0.2) is 19.7 Å². The quantitative estimate of drug-likeness (QED) is 0.672. The summed E-state index contributed by atoms with van der Waals surface area (Å²) in [6, 6.07) is 9.97. The van der Waals surface area contributed by atoms with Gasteiger partial charge in [-0.2, -0.15) is 13.5 Å². The topological polar surface area (TPSA) is 78.8 Å². The predicted molar refractivity (Wildman–Crippen MR) is 86.7 cm³/mol. The Kier molecular flexibility index (Phi) is 4.51. The third-order valence-electron chi connectivity index (χ3n) is 3.23. The molecule has 0 bridgehead atoms. The zero-order chi connectivity index (χ0) is 16.3. The van der Waals surface area contributed by atoms with E-state index in [-0.39, 0.29) is 10.6 Å². The lowest BCUT2D eigenvalue weighted by Crippen LogP contribution is -2.18. The van der Waals surface area contributed by atoms with Crippen LogP contribution in [-0.2, 0) is 10.0 Å². The van der Waals surface area contributed by atoms with Crippen LogP contribution < -0.4 is 4.83 Å². The third-order valence-corrected chi connectivity index (χ3v) is 4.47. The van der Waals surface area contributed by atoms with E-state index in [0.29, 0.717) is 16.7 Å². The van der Waals surface area contributed by atoms with Crippen LogP contribution in [0.25, 0.3) is 0 Å². The van der Waals surface area contributed by atoms with E-state index in [1.807, 2.05) is 6.92 Å². The molecule has 116 valence electrons. The Balaban J connectivity index is 2.16. The first-order valence-corrected chi connectivity index (χ1v) is 8.19. The van der Waals surface area contributed by atoms with Gasteiger partial charge in [0, 0.05) is 0 Å². The van der Waals surface area contributed by atoms with Crippen molar-refractivity contribution in [1.29, 1.82) is 0 Å². The molecular weight excluding hydrogens is 300 g/mol. The molecule has 0 saturated heterocycles. The SMILES string of the molecule is Cc1ccc(S(=O)(=O)NN=Cc2cc(C)c(O)c(C)c2)cc1. The fraction of sp³-hybridized carbons (Fsp3) is 0.188. The number of nitrogens with one attached hydrogen (secondary N) is 1. The molecule has 0 aliphatic carbocycles. The van der Waals surface area contributed by atoms with Gasteiger partial charge in [0.05, 0.1) is 11.1 Å². The number of nitrogens with zero attached hydrogens (tertiary/aromatic N) is 1. The maximum atomic E-state index is 12.1. The van der Waals surface area contributed by atoms with Gasteiger partial charge in [0.25, 0.3) is 10.0 Å². The largest absolute Gasteiger partial charge is 0.507 e. The van der Waals surface area contributed by atoms with Crippen molar-refractivity contribution in [1.82, 2.24) is 4.83 Å². The van der Waals surface area contributed by atoms with E-state index in [4.69, 9.17) is 0 Å². The molecule has 2 N–H and O–H groups in total. The zero-order valence-electron chi connectivity index (χ0n) is 12.7. The summed E-state index contributed by atoms with van der Waals surface area (Å²) in [7, 11) is -3.67. The second-order valence-electron chi connectivity index (χ2n) is 5.17. The van der Waals surface area contributed by atoms with Crippen LogP contribution in [0.2, 0.25) is 0 Å². The molecule has 0 spiro atoms. The van der Waals surface area contributed by atoms with Gasteiger partial charge < -0.3 is 5.11 Å². The molecule has 0 atom stereocenters. The molecule has 0 aliphatic rings. The lowest BCUT2D eigenvalue weighted by molar-refractivity contribution is 0.467. The molecule has 0 aromatic heterocycles. The minimum atomic E-state index is -3.67. The van der Waals surface area contributed by atoms with Crippen molar-refractivity contribution < 1.29 is 13.5 Å². The van der Waals surface area contributed by atoms with Crippen LogP contribution >= 0.6 is 0 Å². The summed E-state index contributed by atoms with van der Waals surface area (Å²) in [6.45, 7) is 5.43. The summed E-state index contributed by atoms with van der Waals surface area (Å²) in [6.07, 6.45) is 1.41. The summed E-state index contributed by atoms with van der Waals surface area (Å²) in [5.74, 6) is 0.234. The van der Waals surface area contributed by atoms with Crippen LogP contribution in [0.4, 0.5) is 0 Å². The van der Waals surface area contributed by atoms with Crippen molar-refractivity contribution in [2.75, 3.05) is 0 Å². The summed E-state index contributed by atoms with van der Waals surface area (Å²) in [4.78, 5) is 2.34. The van der Waals surface area contributed by atoms with Gasteiger partial charge in [-0.15, -0.1) is 0 Å². The monoisotopic (exact) mass is 318 g/mol. The standard InChI is InChI=1S/C16H18N2O3S/c1-11-4-6-15(7-5-11)22(20,21)18-17-10-14-8-12(2)16(19)13(3)9-14/h4-10,18-19H,1-3H3. The van der Waals surface area contributed by atoms with Crippen LogP contribution in [0.1, 0.15) is 22.3 Å². The van der Waals surface area contributed by atoms with Gasteiger partial charge in [0.2, 0.25) is 0 Å². The van der Waals surface area contributed by atoms with E-state index < -0.39 is 10.0 Å². The van der Waals surface area contributed by atoms with Crippen molar-refractivity contribution in [2.45, 2.75) is 25.7 Å². The number of aryl methyl sites for hydroxylation is 3. The molecular formula is C16H18N2O3S. The lowest BCUT2D eigenvalue weighted by Gasteiger charge is -2.05. The molecule has 2 aromatic rings. The number of phenols is 1. The molecule has 0 amide bonds. The van der Waals surface area contributed by atoms with E-state index >= 15 is 0 Å². The Bertz CT molecular complexity index is 787. The van der Waals surface area contributed by atoms with Gasteiger partial charge in [0.1, 0.15) is 5.75 Å². The van der Waals surface area contributed by atoms with Crippen LogP contribution in [0.3, 0.4) is 0 Å². The number of benzene rings is 2. The van der Waals surface area contributed by atoms with E-state index in [1.54, 1.807) is 38.1 Å². The lowest BCUT2D eigenvalue weighted by atomic mass is 10.1. The minimum absolute atomic E-state index is 0.160. The Hall–Kier alpha value is -2.34. The van der Waals surface area contributed by atoms with Gasteiger partial charge in [-0.3, -0.25) is 0 Å². The van der Waals surface area contributed by atoms with Crippen molar-refractivity contribution >= 4 is 16.2 Å². The highest BCUT2D eigenvalue weighted by Gasteiger charge is 2.11. The molecule has 0 aliphatic heterocycles. The molecule has 0 saturated carbocycles. The summed E-state index contributed by atoms with van der Waals surface area (Å²) in [5.41, 5.74) is 3.11. The average molecular weight is 318 g/mol.